The van der Waals surface area contributed by atoms with E-state index in [1.54, 1.807) is 12.4 Å². The second-order valence-corrected chi connectivity index (χ2v) is 7.79. The van der Waals surface area contributed by atoms with Gasteiger partial charge < -0.3 is 14.7 Å². The van der Waals surface area contributed by atoms with Crippen LogP contribution in [0.1, 0.15) is 25.7 Å². The van der Waals surface area contributed by atoms with Gasteiger partial charge in [-0.2, -0.15) is 4.98 Å². The lowest BCUT2D eigenvalue weighted by atomic mass is 10.2. The van der Waals surface area contributed by atoms with Gasteiger partial charge in [0, 0.05) is 57.0 Å². The van der Waals surface area contributed by atoms with E-state index in [4.69, 9.17) is 9.97 Å². The van der Waals surface area contributed by atoms with Crippen molar-refractivity contribution in [1.29, 1.82) is 0 Å². The van der Waals surface area contributed by atoms with E-state index in [2.05, 4.69) is 48.9 Å². The molecule has 0 radical (unpaired) electrons. The Labute approximate surface area is 171 Å². The Morgan fingerprint density at radius 1 is 0.586 bits per heavy atom. The lowest BCUT2D eigenvalue weighted by molar-refractivity contribution is 0.628. The summed E-state index contributed by atoms with van der Waals surface area (Å²) in [5.74, 6) is 2.75. The molecule has 0 unspecified atom stereocenters. The summed E-state index contributed by atoms with van der Waals surface area (Å²) in [5.41, 5.74) is 1.03. The van der Waals surface area contributed by atoms with Crippen LogP contribution in [0.2, 0.25) is 0 Å². The van der Waals surface area contributed by atoms with Crippen LogP contribution in [0.25, 0.3) is 10.9 Å². The van der Waals surface area contributed by atoms with Gasteiger partial charge in [-0.25, -0.2) is 15.0 Å². The third kappa shape index (κ3) is 3.81. The van der Waals surface area contributed by atoms with Crippen molar-refractivity contribution in [2.45, 2.75) is 25.7 Å². The minimum Gasteiger partial charge on any atom is -0.356 e. The number of fused-ring (bicyclic) bond motifs is 1. The molecule has 2 aliphatic rings. The number of para-hydroxylation sites is 1. The molecule has 2 aliphatic heterocycles. The van der Waals surface area contributed by atoms with Crippen LogP contribution in [0, 0.1) is 0 Å². The molecule has 0 atom stereocenters. The van der Waals surface area contributed by atoms with Gasteiger partial charge in [-0.1, -0.05) is 25.0 Å². The summed E-state index contributed by atoms with van der Waals surface area (Å²) in [5, 5.41) is 1.16. The molecule has 2 saturated heterocycles. The lowest BCUT2D eigenvalue weighted by Crippen LogP contribution is -2.47. The van der Waals surface area contributed by atoms with E-state index in [9.17, 15) is 0 Å². The number of anilines is 3. The van der Waals surface area contributed by atoms with Gasteiger partial charge in [0.05, 0.1) is 5.52 Å². The molecule has 0 aliphatic carbocycles. The third-order valence-electron chi connectivity index (χ3n) is 5.87. The molecule has 7 nitrogen and oxygen atoms in total. The summed E-state index contributed by atoms with van der Waals surface area (Å²) in [6.07, 6.45) is 8.71. The lowest BCUT2D eigenvalue weighted by Gasteiger charge is -2.35. The van der Waals surface area contributed by atoms with Gasteiger partial charge in [-0.15, -0.1) is 0 Å². The number of nitrogens with zero attached hydrogens (tertiary/aromatic N) is 7. The topological polar surface area (TPSA) is 61.3 Å². The van der Waals surface area contributed by atoms with E-state index in [0.717, 1.165) is 67.9 Å². The first-order chi connectivity index (χ1) is 14.4. The summed E-state index contributed by atoms with van der Waals surface area (Å²) in [6.45, 7) is 5.66. The number of piperazine rings is 1. The first kappa shape index (κ1) is 18.1. The minimum absolute atomic E-state index is 0.803. The Morgan fingerprint density at radius 2 is 1.24 bits per heavy atom. The van der Waals surface area contributed by atoms with Crippen molar-refractivity contribution < 1.29 is 0 Å². The van der Waals surface area contributed by atoms with Crippen LogP contribution in [0.3, 0.4) is 0 Å². The molecule has 7 heteroatoms. The van der Waals surface area contributed by atoms with Crippen molar-refractivity contribution >= 4 is 28.6 Å². The molecule has 0 N–H and O–H groups in total. The molecule has 1 aromatic carbocycles. The van der Waals surface area contributed by atoms with Gasteiger partial charge in [-0.3, -0.25) is 0 Å². The molecule has 2 aromatic heterocycles. The molecule has 4 heterocycles. The van der Waals surface area contributed by atoms with Crippen molar-refractivity contribution in [1.82, 2.24) is 19.9 Å². The predicted octanol–water partition coefficient (Wildman–Crippen LogP) is 3.13. The van der Waals surface area contributed by atoms with Crippen molar-refractivity contribution in [2.75, 3.05) is 54.0 Å². The maximum Gasteiger partial charge on any atom is 0.228 e. The average molecular weight is 390 g/mol. The van der Waals surface area contributed by atoms with Gasteiger partial charge in [0.2, 0.25) is 11.9 Å². The summed E-state index contributed by atoms with van der Waals surface area (Å²) in [4.78, 5) is 25.8. The molecular formula is C22H27N7. The molecule has 2 fully saturated rings. The van der Waals surface area contributed by atoms with E-state index >= 15 is 0 Å². The maximum atomic E-state index is 5.08. The highest BCUT2D eigenvalue weighted by molar-refractivity contribution is 5.90. The van der Waals surface area contributed by atoms with Crippen molar-refractivity contribution in [2.24, 2.45) is 0 Å². The fourth-order valence-electron chi connectivity index (χ4n) is 4.27. The van der Waals surface area contributed by atoms with Gasteiger partial charge in [0.25, 0.3) is 0 Å². The molecule has 3 aromatic rings. The summed E-state index contributed by atoms with van der Waals surface area (Å²) >= 11 is 0. The molecule has 0 spiro atoms. The van der Waals surface area contributed by atoms with Crippen LogP contribution < -0.4 is 14.7 Å². The molecule has 150 valence electrons. The minimum atomic E-state index is 0.803. The monoisotopic (exact) mass is 389 g/mol. The Kier molecular flexibility index (Phi) is 5.11. The van der Waals surface area contributed by atoms with E-state index < -0.39 is 0 Å². The predicted molar refractivity (Wildman–Crippen MR) is 117 cm³/mol. The van der Waals surface area contributed by atoms with Crippen LogP contribution in [-0.2, 0) is 0 Å². The largest absolute Gasteiger partial charge is 0.356 e. The normalized spacial score (nSPS) is 18.1. The Hall–Kier alpha value is -2.96. The maximum absolute atomic E-state index is 5.08. The Balaban J connectivity index is 1.42. The van der Waals surface area contributed by atoms with E-state index in [0.29, 0.717) is 0 Å². The van der Waals surface area contributed by atoms with Crippen molar-refractivity contribution in [3.8, 4) is 0 Å². The highest BCUT2D eigenvalue weighted by Crippen LogP contribution is 2.29. The Bertz CT molecular complexity index is 946. The molecule has 5 rings (SSSR count). The quantitative estimate of drug-likeness (QED) is 0.682. The fraction of sp³-hybridized carbons (Fsp3) is 0.455. The number of aromatic nitrogens is 4. The molecular weight excluding hydrogens is 362 g/mol. The van der Waals surface area contributed by atoms with E-state index in [1.807, 2.05) is 6.07 Å². The molecule has 0 saturated carbocycles. The van der Waals surface area contributed by atoms with Crippen LogP contribution in [-0.4, -0.2) is 59.2 Å². The van der Waals surface area contributed by atoms with Gasteiger partial charge in [0.15, 0.2) is 0 Å². The average Bonchev–Trinajstić information content (AvgIpc) is 3.09. The highest BCUT2D eigenvalue weighted by atomic mass is 15.4. The number of rotatable bonds is 3. The first-order valence-corrected chi connectivity index (χ1v) is 10.7. The van der Waals surface area contributed by atoms with Crippen LogP contribution in [0.15, 0.2) is 42.7 Å². The van der Waals surface area contributed by atoms with E-state index in [1.165, 1.54) is 25.7 Å². The fourth-order valence-corrected chi connectivity index (χ4v) is 4.27. The molecule has 0 bridgehead atoms. The van der Waals surface area contributed by atoms with Gasteiger partial charge >= 0.3 is 0 Å². The van der Waals surface area contributed by atoms with Gasteiger partial charge in [-0.05, 0) is 31.0 Å². The molecule has 0 amide bonds. The first-order valence-electron chi connectivity index (χ1n) is 10.7. The van der Waals surface area contributed by atoms with Gasteiger partial charge in [0.1, 0.15) is 5.82 Å². The smallest absolute Gasteiger partial charge is 0.228 e. The number of benzene rings is 1. The van der Waals surface area contributed by atoms with Crippen molar-refractivity contribution in [3.63, 3.8) is 0 Å². The number of hydrogen-bond acceptors (Lipinski definition) is 7. The standard InChI is InChI=1S/C22H27N7/c1-2-6-13-27(12-5-1)20-18-8-3-4-9-19(18)25-22(26-20)29-16-14-28(15-17-29)21-23-10-7-11-24-21/h3-4,7-11H,1-2,5-6,12-17H2. The molecule has 29 heavy (non-hydrogen) atoms. The summed E-state index contributed by atoms with van der Waals surface area (Å²) in [6, 6.07) is 10.3. The van der Waals surface area contributed by atoms with Crippen LogP contribution in [0.4, 0.5) is 17.7 Å². The zero-order valence-corrected chi connectivity index (χ0v) is 16.7. The summed E-state index contributed by atoms with van der Waals surface area (Å²) < 4.78 is 0. The third-order valence-corrected chi connectivity index (χ3v) is 5.87. The van der Waals surface area contributed by atoms with Crippen LogP contribution in [0.5, 0.6) is 0 Å². The second kappa shape index (κ2) is 8.19. The van der Waals surface area contributed by atoms with E-state index in [-0.39, 0.29) is 0 Å². The number of hydrogen-bond donors (Lipinski definition) is 0. The zero-order chi connectivity index (χ0) is 19.5. The second-order valence-electron chi connectivity index (χ2n) is 7.79. The zero-order valence-electron chi connectivity index (χ0n) is 16.7. The van der Waals surface area contributed by atoms with Crippen LogP contribution >= 0.6 is 0 Å². The summed E-state index contributed by atoms with van der Waals surface area (Å²) in [7, 11) is 0. The van der Waals surface area contributed by atoms with Crippen molar-refractivity contribution in [3.05, 3.63) is 42.7 Å². The highest BCUT2D eigenvalue weighted by Gasteiger charge is 2.23. The SMILES string of the molecule is c1cnc(N2CCN(c3nc(N4CCCCCC4)c4ccccc4n3)CC2)nc1. The Morgan fingerprint density at radius 3 is 1.97 bits per heavy atom.